The summed E-state index contributed by atoms with van der Waals surface area (Å²) in [5.41, 5.74) is 2.47. The summed E-state index contributed by atoms with van der Waals surface area (Å²) in [5, 5.41) is 11.1. The van der Waals surface area contributed by atoms with Crippen LogP contribution in [-0.2, 0) is 12.8 Å². The Bertz CT molecular complexity index is 501. The maximum absolute atomic E-state index is 12.6. The Balaban J connectivity index is 2.20. The van der Waals surface area contributed by atoms with E-state index in [1.807, 2.05) is 12.3 Å². The molecule has 1 heterocycles. The van der Waals surface area contributed by atoms with Crippen molar-refractivity contribution in [2.75, 3.05) is 19.7 Å². The predicted octanol–water partition coefficient (Wildman–Crippen LogP) is 3.35. The minimum atomic E-state index is 0.0258. The van der Waals surface area contributed by atoms with Crippen LogP contribution in [0.1, 0.15) is 54.9 Å². The SMILES string of the molecule is CCN(CCO)C(=O)c1csc2c1CCC(C(C)(C)C)C2. The molecule has 0 saturated carbocycles. The Morgan fingerprint density at radius 2 is 2.19 bits per heavy atom. The molecule has 0 radical (unpaired) electrons. The van der Waals surface area contributed by atoms with Gasteiger partial charge in [0.2, 0.25) is 0 Å². The van der Waals surface area contributed by atoms with Gasteiger partial charge in [0.15, 0.2) is 0 Å². The van der Waals surface area contributed by atoms with Gasteiger partial charge in [-0.25, -0.2) is 0 Å². The van der Waals surface area contributed by atoms with Gasteiger partial charge in [-0.3, -0.25) is 4.79 Å². The lowest BCUT2D eigenvalue weighted by atomic mass is 9.72. The number of rotatable bonds is 4. The van der Waals surface area contributed by atoms with Crippen LogP contribution in [0, 0.1) is 11.3 Å². The minimum Gasteiger partial charge on any atom is -0.395 e. The van der Waals surface area contributed by atoms with E-state index < -0.39 is 0 Å². The van der Waals surface area contributed by atoms with E-state index in [9.17, 15) is 4.79 Å². The van der Waals surface area contributed by atoms with Gasteiger partial charge in [0.05, 0.1) is 12.2 Å². The number of hydrogen-bond acceptors (Lipinski definition) is 3. The topological polar surface area (TPSA) is 40.5 Å². The van der Waals surface area contributed by atoms with Crippen molar-refractivity contribution in [3.05, 3.63) is 21.4 Å². The first-order valence-corrected chi connectivity index (χ1v) is 8.75. The number of amides is 1. The van der Waals surface area contributed by atoms with E-state index >= 15 is 0 Å². The maximum atomic E-state index is 12.6. The van der Waals surface area contributed by atoms with E-state index in [-0.39, 0.29) is 12.5 Å². The van der Waals surface area contributed by atoms with Gasteiger partial charge in [-0.2, -0.15) is 0 Å². The summed E-state index contributed by atoms with van der Waals surface area (Å²) in [6.45, 7) is 9.98. The lowest BCUT2D eigenvalue weighted by Gasteiger charge is -2.34. The van der Waals surface area contributed by atoms with E-state index in [1.165, 1.54) is 16.9 Å². The summed E-state index contributed by atoms with van der Waals surface area (Å²) >= 11 is 1.74. The summed E-state index contributed by atoms with van der Waals surface area (Å²) in [7, 11) is 0. The summed E-state index contributed by atoms with van der Waals surface area (Å²) in [6, 6.07) is 0. The number of aliphatic hydroxyl groups is 1. The van der Waals surface area contributed by atoms with Crippen LogP contribution in [0.15, 0.2) is 5.38 Å². The second kappa shape index (κ2) is 6.49. The number of hydrogen-bond donors (Lipinski definition) is 1. The van der Waals surface area contributed by atoms with Crippen molar-refractivity contribution in [2.45, 2.75) is 47.0 Å². The molecule has 21 heavy (non-hydrogen) atoms. The number of carbonyl (C=O) groups is 1. The summed E-state index contributed by atoms with van der Waals surface area (Å²) in [6.07, 6.45) is 3.28. The molecule has 1 aromatic heterocycles. The van der Waals surface area contributed by atoms with Crippen molar-refractivity contribution in [3.63, 3.8) is 0 Å². The summed E-state index contributed by atoms with van der Waals surface area (Å²) in [4.78, 5) is 15.7. The number of thiophene rings is 1. The smallest absolute Gasteiger partial charge is 0.255 e. The molecule has 0 fully saturated rings. The van der Waals surface area contributed by atoms with E-state index in [4.69, 9.17) is 5.11 Å². The molecular weight excluding hydrogens is 282 g/mol. The molecule has 1 aliphatic rings. The first-order chi connectivity index (χ1) is 9.88. The average Bonchev–Trinajstić information content (AvgIpc) is 2.86. The van der Waals surface area contributed by atoms with Crippen LogP contribution in [-0.4, -0.2) is 35.6 Å². The normalized spacial score (nSPS) is 18.4. The van der Waals surface area contributed by atoms with Crippen molar-refractivity contribution >= 4 is 17.2 Å². The lowest BCUT2D eigenvalue weighted by Crippen LogP contribution is -2.34. The number of fused-ring (bicyclic) bond motifs is 1. The van der Waals surface area contributed by atoms with Crippen LogP contribution >= 0.6 is 11.3 Å². The molecule has 1 aromatic rings. The first kappa shape index (κ1) is 16.5. The van der Waals surface area contributed by atoms with E-state index in [1.54, 1.807) is 16.2 Å². The second-order valence-corrected chi connectivity index (χ2v) is 7.93. The third kappa shape index (κ3) is 3.49. The number of carbonyl (C=O) groups excluding carboxylic acids is 1. The fraction of sp³-hybridized carbons (Fsp3) is 0.706. The highest BCUT2D eigenvalue weighted by Crippen LogP contribution is 2.40. The Labute approximate surface area is 132 Å². The fourth-order valence-corrected chi connectivity index (χ4v) is 4.28. The van der Waals surface area contributed by atoms with Crippen LogP contribution in [0.3, 0.4) is 0 Å². The first-order valence-electron chi connectivity index (χ1n) is 7.87. The average molecular weight is 309 g/mol. The van der Waals surface area contributed by atoms with Crippen molar-refractivity contribution in [2.24, 2.45) is 11.3 Å². The molecule has 0 aliphatic heterocycles. The highest BCUT2D eigenvalue weighted by molar-refractivity contribution is 7.10. The number of likely N-dealkylation sites (N-methyl/N-ethyl adjacent to an activating group) is 1. The standard InChI is InChI=1S/C17H27NO2S/c1-5-18(8-9-19)16(20)14-11-21-15-10-12(17(2,3)4)6-7-13(14)15/h11-12,19H,5-10H2,1-4H3. The molecule has 0 spiro atoms. The molecule has 3 nitrogen and oxygen atoms in total. The van der Waals surface area contributed by atoms with Gasteiger partial charge in [0.25, 0.3) is 5.91 Å². The monoisotopic (exact) mass is 309 g/mol. The van der Waals surface area contributed by atoms with Crippen molar-refractivity contribution < 1.29 is 9.90 Å². The summed E-state index contributed by atoms with van der Waals surface area (Å²) < 4.78 is 0. The van der Waals surface area contributed by atoms with Crippen LogP contribution in [0.25, 0.3) is 0 Å². The third-order valence-electron chi connectivity index (χ3n) is 4.65. The van der Waals surface area contributed by atoms with Gasteiger partial charge >= 0.3 is 0 Å². The summed E-state index contributed by atoms with van der Waals surface area (Å²) in [5.74, 6) is 0.782. The van der Waals surface area contributed by atoms with E-state index in [2.05, 4.69) is 20.8 Å². The molecule has 0 saturated heterocycles. The second-order valence-electron chi connectivity index (χ2n) is 6.97. The largest absolute Gasteiger partial charge is 0.395 e. The van der Waals surface area contributed by atoms with Crippen LogP contribution in [0.5, 0.6) is 0 Å². The highest BCUT2D eigenvalue weighted by atomic mass is 32.1. The molecule has 1 atom stereocenters. The maximum Gasteiger partial charge on any atom is 0.255 e. The predicted molar refractivity (Wildman–Crippen MR) is 88.0 cm³/mol. The minimum absolute atomic E-state index is 0.0258. The quantitative estimate of drug-likeness (QED) is 0.926. The van der Waals surface area contributed by atoms with E-state index in [0.717, 1.165) is 18.4 Å². The zero-order valence-corrected chi connectivity index (χ0v) is 14.4. The van der Waals surface area contributed by atoms with Gasteiger partial charge < -0.3 is 10.0 Å². The molecule has 0 bridgehead atoms. The third-order valence-corrected chi connectivity index (χ3v) is 5.70. The van der Waals surface area contributed by atoms with Crippen LogP contribution in [0.2, 0.25) is 0 Å². The Morgan fingerprint density at radius 3 is 2.76 bits per heavy atom. The zero-order valence-electron chi connectivity index (χ0n) is 13.6. The van der Waals surface area contributed by atoms with Crippen LogP contribution < -0.4 is 0 Å². The molecule has 1 unspecified atom stereocenters. The van der Waals surface area contributed by atoms with Crippen molar-refractivity contribution in [1.29, 1.82) is 0 Å². The van der Waals surface area contributed by atoms with Gasteiger partial charge in [-0.05, 0) is 43.1 Å². The number of aliphatic hydroxyl groups excluding tert-OH is 1. The molecule has 0 aromatic carbocycles. The lowest BCUT2D eigenvalue weighted by molar-refractivity contribution is 0.0731. The highest BCUT2D eigenvalue weighted by Gasteiger charge is 2.32. The number of nitrogens with zero attached hydrogens (tertiary/aromatic N) is 1. The Morgan fingerprint density at radius 1 is 1.48 bits per heavy atom. The molecule has 118 valence electrons. The van der Waals surface area contributed by atoms with E-state index in [0.29, 0.717) is 24.4 Å². The zero-order chi connectivity index (χ0) is 15.6. The molecule has 4 heteroatoms. The Kier molecular flexibility index (Phi) is 5.10. The van der Waals surface area contributed by atoms with Gasteiger partial charge in [-0.1, -0.05) is 20.8 Å². The van der Waals surface area contributed by atoms with Gasteiger partial charge in [-0.15, -0.1) is 11.3 Å². The van der Waals surface area contributed by atoms with Crippen molar-refractivity contribution in [1.82, 2.24) is 4.90 Å². The Hall–Kier alpha value is -0.870. The molecular formula is C17H27NO2S. The van der Waals surface area contributed by atoms with Gasteiger partial charge in [0, 0.05) is 23.3 Å². The van der Waals surface area contributed by atoms with Gasteiger partial charge in [0.1, 0.15) is 0 Å². The molecule has 1 amide bonds. The molecule has 1 aliphatic carbocycles. The molecule has 1 N–H and O–H groups in total. The molecule has 2 rings (SSSR count). The van der Waals surface area contributed by atoms with Crippen molar-refractivity contribution in [3.8, 4) is 0 Å². The van der Waals surface area contributed by atoms with Crippen LogP contribution in [0.4, 0.5) is 0 Å². The fourth-order valence-electron chi connectivity index (χ4n) is 3.13.